The first-order chi connectivity index (χ1) is 14.4. The van der Waals surface area contributed by atoms with E-state index >= 15 is 0 Å². The lowest BCUT2D eigenvalue weighted by atomic mass is 10.1. The molecule has 1 aromatic heterocycles. The van der Waals surface area contributed by atoms with E-state index in [1.807, 2.05) is 13.8 Å². The summed E-state index contributed by atoms with van der Waals surface area (Å²) in [5.41, 5.74) is 1.95. The molecule has 0 aliphatic heterocycles. The van der Waals surface area contributed by atoms with Crippen molar-refractivity contribution in [3.05, 3.63) is 70.6 Å². The summed E-state index contributed by atoms with van der Waals surface area (Å²) < 4.78 is 10.7. The van der Waals surface area contributed by atoms with Crippen LogP contribution in [0.3, 0.4) is 0 Å². The van der Waals surface area contributed by atoms with Crippen LogP contribution in [0.25, 0.3) is 11.5 Å². The second-order valence-corrected chi connectivity index (χ2v) is 7.20. The molecule has 0 aliphatic carbocycles. The van der Waals surface area contributed by atoms with Crippen LogP contribution in [-0.4, -0.2) is 28.2 Å². The van der Waals surface area contributed by atoms with Gasteiger partial charge in [-0.3, -0.25) is 0 Å². The zero-order chi connectivity index (χ0) is 21.5. The number of carbonyl (C=O) groups excluding carboxylic acids is 2. The third kappa shape index (κ3) is 6.05. The Hall–Kier alpha value is -3.39. The van der Waals surface area contributed by atoms with E-state index in [1.165, 1.54) is 0 Å². The summed E-state index contributed by atoms with van der Waals surface area (Å²) in [6, 6.07) is 13.5. The number of aromatic nitrogens is 2. The quantitative estimate of drug-likeness (QED) is 0.552. The summed E-state index contributed by atoms with van der Waals surface area (Å²) in [5.74, 6) is -0.0142. The molecule has 0 saturated heterocycles. The minimum atomic E-state index is -0.515. The lowest BCUT2D eigenvalue weighted by Crippen LogP contribution is -2.39. The van der Waals surface area contributed by atoms with Gasteiger partial charge in [0.25, 0.3) is 5.89 Å². The molecule has 0 atom stereocenters. The summed E-state index contributed by atoms with van der Waals surface area (Å²) in [6.07, 6.45) is 0. The number of hydrogen-bond acceptors (Lipinski definition) is 6. The first kappa shape index (κ1) is 21.3. The normalized spacial score (nSPS) is 10.7. The third-order valence-corrected chi connectivity index (χ3v) is 4.20. The number of nitrogens with one attached hydrogen (secondary N) is 2. The van der Waals surface area contributed by atoms with Crippen LogP contribution in [0.5, 0.6) is 0 Å². The molecule has 1 heterocycles. The number of hydrogen-bond donors (Lipinski definition) is 2. The lowest BCUT2D eigenvalue weighted by molar-refractivity contribution is 0.0438. The highest BCUT2D eigenvalue weighted by atomic mass is 35.5. The van der Waals surface area contributed by atoms with Gasteiger partial charge in [0, 0.05) is 23.2 Å². The molecule has 156 valence electrons. The summed E-state index contributed by atoms with van der Waals surface area (Å²) in [6.45, 7) is 3.97. The van der Waals surface area contributed by atoms with Crippen molar-refractivity contribution >= 4 is 23.6 Å². The van der Waals surface area contributed by atoms with Crippen LogP contribution in [0.15, 0.2) is 52.9 Å². The number of nitrogens with zero attached hydrogens (tertiary/aromatic N) is 2. The van der Waals surface area contributed by atoms with Gasteiger partial charge in [0.1, 0.15) is 0 Å². The van der Waals surface area contributed by atoms with Crippen molar-refractivity contribution < 1.29 is 18.7 Å². The van der Waals surface area contributed by atoms with E-state index in [2.05, 4.69) is 20.8 Å². The summed E-state index contributed by atoms with van der Waals surface area (Å²) >= 11 is 5.86. The van der Waals surface area contributed by atoms with Crippen LogP contribution in [0, 0.1) is 0 Å². The molecule has 30 heavy (non-hydrogen) atoms. The maximum atomic E-state index is 12.2. The van der Waals surface area contributed by atoms with Gasteiger partial charge in [0.2, 0.25) is 5.89 Å². The van der Waals surface area contributed by atoms with Gasteiger partial charge in [0.15, 0.2) is 6.61 Å². The molecule has 0 aliphatic rings. The van der Waals surface area contributed by atoms with Crippen molar-refractivity contribution in [2.45, 2.75) is 33.0 Å². The Morgan fingerprint density at radius 1 is 1.07 bits per heavy atom. The highest BCUT2D eigenvalue weighted by Crippen LogP contribution is 2.20. The van der Waals surface area contributed by atoms with Gasteiger partial charge in [-0.15, -0.1) is 10.2 Å². The molecule has 8 nitrogen and oxygen atoms in total. The van der Waals surface area contributed by atoms with Crippen LogP contribution in [-0.2, 0) is 17.9 Å². The van der Waals surface area contributed by atoms with E-state index in [1.54, 1.807) is 48.5 Å². The Morgan fingerprint density at radius 2 is 1.77 bits per heavy atom. The Morgan fingerprint density at radius 3 is 2.43 bits per heavy atom. The van der Waals surface area contributed by atoms with Crippen molar-refractivity contribution in [2.24, 2.45) is 0 Å². The third-order valence-electron chi connectivity index (χ3n) is 3.95. The second-order valence-electron chi connectivity index (χ2n) is 6.76. The van der Waals surface area contributed by atoms with Crippen molar-refractivity contribution in [3.8, 4) is 11.5 Å². The highest BCUT2D eigenvalue weighted by Gasteiger charge is 2.13. The predicted molar refractivity (Wildman–Crippen MR) is 111 cm³/mol. The van der Waals surface area contributed by atoms with Gasteiger partial charge in [-0.2, -0.15) is 0 Å². The minimum absolute atomic E-state index is 0.0586. The Labute approximate surface area is 178 Å². The number of carbonyl (C=O) groups is 2. The van der Waals surface area contributed by atoms with E-state index in [-0.39, 0.29) is 24.6 Å². The SMILES string of the molecule is CC(C)NC(=O)NCc1ccc(C(=O)OCc2nnc(-c3ccc(Cl)cc3)o2)cc1. The van der Waals surface area contributed by atoms with Gasteiger partial charge in [0.05, 0.1) is 5.56 Å². The maximum absolute atomic E-state index is 12.2. The molecule has 9 heteroatoms. The summed E-state index contributed by atoms with van der Waals surface area (Å²) in [7, 11) is 0. The highest BCUT2D eigenvalue weighted by molar-refractivity contribution is 6.30. The van der Waals surface area contributed by atoms with Crippen molar-refractivity contribution in [1.82, 2.24) is 20.8 Å². The minimum Gasteiger partial charge on any atom is -0.452 e. The van der Waals surface area contributed by atoms with Gasteiger partial charge in [-0.1, -0.05) is 23.7 Å². The molecule has 0 spiro atoms. The molecule has 2 aromatic carbocycles. The first-order valence-corrected chi connectivity index (χ1v) is 9.67. The van der Waals surface area contributed by atoms with E-state index in [4.69, 9.17) is 20.8 Å². The van der Waals surface area contributed by atoms with Crippen LogP contribution in [0.2, 0.25) is 5.02 Å². The van der Waals surface area contributed by atoms with Gasteiger partial charge in [-0.25, -0.2) is 9.59 Å². The van der Waals surface area contributed by atoms with Crippen molar-refractivity contribution in [2.75, 3.05) is 0 Å². The monoisotopic (exact) mass is 428 g/mol. The fourth-order valence-corrected chi connectivity index (χ4v) is 2.61. The zero-order valence-corrected chi connectivity index (χ0v) is 17.3. The standard InChI is InChI=1S/C21H21ClN4O4/c1-13(2)24-21(28)23-11-14-3-5-16(6-4-14)20(27)29-12-18-25-26-19(30-18)15-7-9-17(22)10-8-15/h3-10,13H,11-12H2,1-2H3,(H2,23,24,28). The molecule has 0 bridgehead atoms. The van der Waals surface area contributed by atoms with E-state index in [9.17, 15) is 9.59 Å². The largest absolute Gasteiger partial charge is 0.452 e. The van der Waals surface area contributed by atoms with Gasteiger partial charge >= 0.3 is 12.0 Å². The molecule has 2 amide bonds. The molecule has 0 fully saturated rings. The topological polar surface area (TPSA) is 106 Å². The molecule has 3 rings (SSSR count). The van der Waals surface area contributed by atoms with Crippen LogP contribution >= 0.6 is 11.6 Å². The van der Waals surface area contributed by atoms with Gasteiger partial charge < -0.3 is 19.8 Å². The van der Waals surface area contributed by atoms with E-state index in [0.29, 0.717) is 23.0 Å². The molecule has 3 aromatic rings. The zero-order valence-electron chi connectivity index (χ0n) is 16.5. The molecule has 0 saturated carbocycles. The van der Waals surface area contributed by atoms with Crippen molar-refractivity contribution in [1.29, 1.82) is 0 Å². The second kappa shape index (κ2) is 9.89. The van der Waals surface area contributed by atoms with Gasteiger partial charge in [-0.05, 0) is 55.8 Å². The summed E-state index contributed by atoms with van der Waals surface area (Å²) in [5, 5.41) is 13.9. The molecule has 0 radical (unpaired) electrons. The van der Waals surface area contributed by atoms with E-state index in [0.717, 1.165) is 11.1 Å². The Kier molecular flexibility index (Phi) is 7.03. The molecule has 2 N–H and O–H groups in total. The average molecular weight is 429 g/mol. The molecular weight excluding hydrogens is 408 g/mol. The van der Waals surface area contributed by atoms with Crippen LogP contribution in [0.4, 0.5) is 4.79 Å². The number of rotatable bonds is 7. The lowest BCUT2D eigenvalue weighted by Gasteiger charge is -2.10. The Balaban J connectivity index is 1.50. The average Bonchev–Trinajstić information content (AvgIpc) is 3.20. The number of urea groups is 1. The first-order valence-electron chi connectivity index (χ1n) is 9.29. The van der Waals surface area contributed by atoms with E-state index < -0.39 is 5.97 Å². The number of halogens is 1. The Bertz CT molecular complexity index is 1000. The van der Waals surface area contributed by atoms with Crippen LogP contribution < -0.4 is 10.6 Å². The molecular formula is C21H21ClN4O4. The fraction of sp³-hybridized carbons (Fsp3) is 0.238. The number of ether oxygens (including phenoxy) is 1. The van der Waals surface area contributed by atoms with Crippen molar-refractivity contribution in [3.63, 3.8) is 0 Å². The maximum Gasteiger partial charge on any atom is 0.338 e. The number of benzene rings is 2. The summed E-state index contributed by atoms with van der Waals surface area (Å²) in [4.78, 5) is 23.8. The number of amides is 2. The smallest absolute Gasteiger partial charge is 0.338 e. The fourth-order valence-electron chi connectivity index (χ4n) is 2.49. The predicted octanol–water partition coefficient (Wildman–Crippen LogP) is 3.95. The number of esters is 1. The molecule has 0 unspecified atom stereocenters. The van der Waals surface area contributed by atoms with Crippen LogP contribution in [0.1, 0.15) is 35.7 Å².